The average Bonchev–Trinajstić information content (AvgIpc) is 1.89. The minimum absolute atomic E-state index is 0.238. The standard InChI is InChI=1S/C6H12O4/c1-3-9-6(7)4-5-10-8-2/h3-5H2,1-2H3. The van der Waals surface area contributed by atoms with Crippen molar-refractivity contribution in [3.8, 4) is 0 Å². The highest BCUT2D eigenvalue weighted by atomic mass is 17.2. The molecule has 0 aliphatic heterocycles. The van der Waals surface area contributed by atoms with Gasteiger partial charge in [-0.05, 0) is 6.92 Å². The Morgan fingerprint density at radius 3 is 2.70 bits per heavy atom. The summed E-state index contributed by atoms with van der Waals surface area (Å²) in [5.74, 6) is -0.264. The second kappa shape index (κ2) is 6.51. The second-order valence-electron chi connectivity index (χ2n) is 1.54. The molecule has 0 aromatic carbocycles. The largest absolute Gasteiger partial charge is 0.466 e. The van der Waals surface area contributed by atoms with Crippen molar-refractivity contribution in [3.63, 3.8) is 0 Å². The number of esters is 1. The van der Waals surface area contributed by atoms with Crippen LogP contribution in [0, 0.1) is 0 Å². The molecule has 0 aliphatic carbocycles. The third-order valence-electron chi connectivity index (χ3n) is 0.813. The Bertz CT molecular complexity index is 91.7. The number of rotatable bonds is 5. The molecule has 4 heteroatoms. The van der Waals surface area contributed by atoms with Gasteiger partial charge in [-0.15, -0.1) is 0 Å². The van der Waals surface area contributed by atoms with Crippen molar-refractivity contribution in [1.82, 2.24) is 0 Å². The van der Waals surface area contributed by atoms with Crippen molar-refractivity contribution in [2.24, 2.45) is 0 Å². The lowest BCUT2D eigenvalue weighted by Gasteiger charge is -1.99. The third-order valence-corrected chi connectivity index (χ3v) is 0.813. The Morgan fingerprint density at radius 1 is 1.50 bits per heavy atom. The van der Waals surface area contributed by atoms with Crippen LogP contribution in [0.5, 0.6) is 0 Å². The molecule has 0 rings (SSSR count). The summed E-state index contributed by atoms with van der Waals surface area (Å²) >= 11 is 0. The Morgan fingerprint density at radius 2 is 2.20 bits per heavy atom. The van der Waals surface area contributed by atoms with Gasteiger partial charge >= 0.3 is 5.97 Å². The summed E-state index contributed by atoms with van der Waals surface area (Å²) < 4.78 is 4.61. The van der Waals surface area contributed by atoms with Crippen LogP contribution in [0.3, 0.4) is 0 Å². The monoisotopic (exact) mass is 148 g/mol. The molecule has 0 heterocycles. The SMILES string of the molecule is CCOC(=O)CCOOC. The van der Waals surface area contributed by atoms with Gasteiger partial charge in [-0.1, -0.05) is 0 Å². The molecule has 0 atom stereocenters. The summed E-state index contributed by atoms with van der Waals surface area (Å²) in [4.78, 5) is 19.3. The van der Waals surface area contributed by atoms with Crippen molar-refractivity contribution >= 4 is 5.97 Å². The van der Waals surface area contributed by atoms with Crippen molar-refractivity contribution < 1.29 is 19.3 Å². The maximum absolute atomic E-state index is 10.6. The molecule has 4 nitrogen and oxygen atoms in total. The first-order valence-electron chi connectivity index (χ1n) is 3.12. The van der Waals surface area contributed by atoms with Crippen LogP contribution in [0.1, 0.15) is 13.3 Å². The van der Waals surface area contributed by atoms with E-state index >= 15 is 0 Å². The number of ether oxygens (including phenoxy) is 1. The summed E-state index contributed by atoms with van der Waals surface area (Å²) in [6.45, 7) is 2.41. The van der Waals surface area contributed by atoms with Crippen molar-refractivity contribution in [3.05, 3.63) is 0 Å². The Balaban J connectivity index is 3.05. The maximum Gasteiger partial charge on any atom is 0.308 e. The van der Waals surface area contributed by atoms with Crippen LogP contribution < -0.4 is 0 Å². The fraction of sp³-hybridized carbons (Fsp3) is 0.833. The zero-order valence-corrected chi connectivity index (χ0v) is 6.25. The van der Waals surface area contributed by atoms with Gasteiger partial charge in [0.1, 0.15) is 0 Å². The van der Waals surface area contributed by atoms with Gasteiger partial charge in [-0.25, -0.2) is 9.78 Å². The topological polar surface area (TPSA) is 44.8 Å². The van der Waals surface area contributed by atoms with Gasteiger partial charge in [0.05, 0.1) is 26.7 Å². The van der Waals surface area contributed by atoms with E-state index in [0.717, 1.165) is 0 Å². The Hall–Kier alpha value is -0.610. The lowest BCUT2D eigenvalue weighted by atomic mass is 10.5. The number of hydrogen-bond donors (Lipinski definition) is 0. The van der Waals surface area contributed by atoms with E-state index in [1.165, 1.54) is 7.11 Å². The van der Waals surface area contributed by atoms with Gasteiger partial charge in [0.2, 0.25) is 0 Å². The van der Waals surface area contributed by atoms with Crippen LogP contribution in [-0.2, 0) is 19.3 Å². The van der Waals surface area contributed by atoms with Gasteiger partial charge in [-0.3, -0.25) is 4.79 Å². The van der Waals surface area contributed by atoms with Gasteiger partial charge in [0, 0.05) is 0 Å². The van der Waals surface area contributed by atoms with Gasteiger partial charge in [-0.2, -0.15) is 0 Å². The highest BCUT2D eigenvalue weighted by molar-refractivity contribution is 5.69. The first-order valence-corrected chi connectivity index (χ1v) is 3.12. The van der Waals surface area contributed by atoms with E-state index in [4.69, 9.17) is 0 Å². The predicted octanol–water partition coefficient (Wildman–Crippen LogP) is 0.518. The summed E-state index contributed by atoms with van der Waals surface area (Å²) in [6.07, 6.45) is 0.238. The zero-order chi connectivity index (χ0) is 7.82. The number of carbonyl (C=O) groups excluding carboxylic acids is 1. The molecule has 0 bridgehead atoms. The fourth-order valence-corrected chi connectivity index (χ4v) is 0.441. The predicted molar refractivity (Wildman–Crippen MR) is 34.2 cm³/mol. The van der Waals surface area contributed by atoms with E-state index in [-0.39, 0.29) is 19.0 Å². The van der Waals surface area contributed by atoms with Crippen LogP contribution in [0.15, 0.2) is 0 Å². The summed E-state index contributed by atoms with van der Waals surface area (Å²) in [7, 11) is 1.39. The zero-order valence-electron chi connectivity index (χ0n) is 6.25. The molecule has 0 radical (unpaired) electrons. The molecule has 0 saturated carbocycles. The first kappa shape index (κ1) is 9.39. The van der Waals surface area contributed by atoms with Crippen LogP contribution in [0.25, 0.3) is 0 Å². The van der Waals surface area contributed by atoms with Crippen molar-refractivity contribution in [1.29, 1.82) is 0 Å². The van der Waals surface area contributed by atoms with Gasteiger partial charge < -0.3 is 4.74 Å². The van der Waals surface area contributed by atoms with E-state index in [1.54, 1.807) is 6.92 Å². The minimum Gasteiger partial charge on any atom is -0.466 e. The Kier molecular flexibility index (Phi) is 6.11. The third kappa shape index (κ3) is 5.53. The number of hydrogen-bond acceptors (Lipinski definition) is 4. The summed E-state index contributed by atoms with van der Waals surface area (Å²) in [6, 6.07) is 0. The smallest absolute Gasteiger partial charge is 0.308 e. The molecule has 10 heavy (non-hydrogen) atoms. The summed E-state index contributed by atoms with van der Waals surface area (Å²) in [5, 5.41) is 0. The van der Waals surface area contributed by atoms with Crippen molar-refractivity contribution in [2.45, 2.75) is 13.3 Å². The average molecular weight is 148 g/mol. The molecular weight excluding hydrogens is 136 g/mol. The van der Waals surface area contributed by atoms with Crippen LogP contribution in [0.4, 0.5) is 0 Å². The molecule has 0 amide bonds. The molecule has 0 aromatic rings. The Labute approximate surface area is 60.0 Å². The number of carbonyl (C=O) groups is 1. The molecule has 0 aromatic heterocycles. The van der Waals surface area contributed by atoms with E-state index in [1.807, 2.05) is 0 Å². The first-order chi connectivity index (χ1) is 4.81. The van der Waals surface area contributed by atoms with E-state index in [2.05, 4.69) is 14.5 Å². The highest BCUT2D eigenvalue weighted by Crippen LogP contribution is 1.86. The van der Waals surface area contributed by atoms with Crippen LogP contribution >= 0.6 is 0 Å². The maximum atomic E-state index is 10.6. The second-order valence-corrected chi connectivity index (χ2v) is 1.54. The summed E-state index contributed by atoms with van der Waals surface area (Å²) in [5.41, 5.74) is 0. The van der Waals surface area contributed by atoms with Gasteiger partial charge in [0.15, 0.2) is 0 Å². The van der Waals surface area contributed by atoms with Gasteiger partial charge in [0.25, 0.3) is 0 Å². The fourth-order valence-electron chi connectivity index (χ4n) is 0.441. The van der Waals surface area contributed by atoms with Crippen molar-refractivity contribution in [2.75, 3.05) is 20.3 Å². The lowest BCUT2D eigenvalue weighted by molar-refractivity contribution is -0.272. The molecule has 0 fully saturated rings. The molecule has 0 spiro atoms. The molecule has 0 aliphatic rings. The quantitative estimate of drug-likeness (QED) is 0.247. The van der Waals surface area contributed by atoms with E-state index in [0.29, 0.717) is 6.61 Å². The molecule has 60 valence electrons. The lowest BCUT2D eigenvalue weighted by Crippen LogP contribution is -2.07. The highest BCUT2D eigenvalue weighted by Gasteiger charge is 1.99. The minimum atomic E-state index is -0.264. The van der Waals surface area contributed by atoms with E-state index in [9.17, 15) is 4.79 Å². The van der Waals surface area contributed by atoms with Crippen LogP contribution in [-0.4, -0.2) is 26.3 Å². The molecule has 0 N–H and O–H groups in total. The van der Waals surface area contributed by atoms with E-state index < -0.39 is 0 Å². The molecule has 0 unspecified atom stereocenters. The van der Waals surface area contributed by atoms with Crippen LogP contribution in [0.2, 0.25) is 0 Å². The molecular formula is C6H12O4. The molecule has 0 saturated heterocycles. The normalized spacial score (nSPS) is 9.40.